The van der Waals surface area contributed by atoms with Gasteiger partial charge in [-0.05, 0) is 59.3 Å². The third kappa shape index (κ3) is 6.28. The van der Waals surface area contributed by atoms with Gasteiger partial charge in [-0.15, -0.1) is 11.8 Å². The summed E-state index contributed by atoms with van der Waals surface area (Å²) in [6.07, 6.45) is 0. The van der Waals surface area contributed by atoms with Gasteiger partial charge in [0.2, 0.25) is 0 Å². The Morgan fingerprint density at radius 1 is 0.719 bits per heavy atom. The number of benzene rings is 4. The van der Waals surface area contributed by atoms with E-state index in [1.807, 2.05) is 60.7 Å². The summed E-state index contributed by atoms with van der Waals surface area (Å²) in [6.45, 7) is 1.45. The Balaban J connectivity index is 1.16. The van der Waals surface area contributed by atoms with Gasteiger partial charge in [0.05, 0.1) is 13.2 Å². The van der Waals surface area contributed by atoms with Crippen LogP contribution in [0.3, 0.4) is 0 Å². The largest absolute Gasteiger partial charge is 0.493 e. The first-order chi connectivity index (χ1) is 15.8. The van der Waals surface area contributed by atoms with Crippen molar-refractivity contribution in [2.24, 2.45) is 0 Å². The van der Waals surface area contributed by atoms with Crippen LogP contribution in [0.1, 0.15) is 10.4 Å². The minimum Gasteiger partial charge on any atom is -0.493 e. The Morgan fingerprint density at radius 2 is 1.41 bits per heavy atom. The molecule has 0 spiro atoms. The number of hydrogen-bond donors (Lipinski definition) is 1. The fourth-order valence-electron chi connectivity index (χ4n) is 3.23. The van der Waals surface area contributed by atoms with Gasteiger partial charge < -0.3 is 14.8 Å². The topological polar surface area (TPSA) is 47.6 Å². The summed E-state index contributed by atoms with van der Waals surface area (Å²) in [5.41, 5.74) is 0.599. The molecule has 0 heterocycles. The average Bonchev–Trinajstić information content (AvgIpc) is 2.85. The lowest BCUT2D eigenvalue weighted by atomic mass is 10.1. The van der Waals surface area contributed by atoms with E-state index in [4.69, 9.17) is 9.47 Å². The van der Waals surface area contributed by atoms with Crippen molar-refractivity contribution >= 4 is 28.4 Å². The molecule has 0 saturated heterocycles. The van der Waals surface area contributed by atoms with Crippen molar-refractivity contribution in [1.82, 2.24) is 5.32 Å². The van der Waals surface area contributed by atoms with E-state index in [1.165, 1.54) is 10.3 Å². The van der Waals surface area contributed by atoms with E-state index in [-0.39, 0.29) is 5.91 Å². The monoisotopic (exact) mass is 443 g/mol. The molecule has 0 saturated carbocycles. The number of ether oxygens (including phenoxy) is 2. The quantitative estimate of drug-likeness (QED) is 0.248. The summed E-state index contributed by atoms with van der Waals surface area (Å²) in [5.74, 6) is 2.29. The highest BCUT2D eigenvalue weighted by Gasteiger charge is 2.06. The second-order valence-corrected chi connectivity index (χ2v) is 8.32. The number of hydrogen-bond acceptors (Lipinski definition) is 4. The number of carbonyl (C=O) groups excluding carboxylic acids is 1. The summed E-state index contributed by atoms with van der Waals surface area (Å²) in [6, 6.07) is 31.6. The van der Waals surface area contributed by atoms with E-state index in [2.05, 4.69) is 29.6 Å². The molecule has 0 bridgehead atoms. The minimum absolute atomic E-state index is 0.127. The number of carbonyl (C=O) groups is 1. The van der Waals surface area contributed by atoms with E-state index in [0.29, 0.717) is 25.3 Å². The normalized spacial score (nSPS) is 10.6. The molecule has 0 aliphatic rings. The summed E-state index contributed by atoms with van der Waals surface area (Å²) in [5, 5.41) is 5.20. The predicted octanol–water partition coefficient (Wildman–Crippen LogP) is 5.82. The molecule has 0 radical (unpaired) electrons. The number of fused-ring (bicyclic) bond motifs is 1. The lowest BCUT2D eigenvalue weighted by Gasteiger charge is -2.10. The lowest BCUT2D eigenvalue weighted by Crippen LogP contribution is -2.28. The maximum Gasteiger partial charge on any atom is 0.251 e. The third-order valence-electron chi connectivity index (χ3n) is 4.86. The van der Waals surface area contributed by atoms with Crippen LogP contribution in [0.25, 0.3) is 10.8 Å². The zero-order chi connectivity index (χ0) is 22.0. The van der Waals surface area contributed by atoms with Crippen LogP contribution < -0.4 is 14.8 Å². The molecule has 0 atom stereocenters. The lowest BCUT2D eigenvalue weighted by molar-refractivity contribution is 0.0947. The van der Waals surface area contributed by atoms with Gasteiger partial charge in [0.15, 0.2) is 0 Å². The van der Waals surface area contributed by atoms with Crippen LogP contribution in [0, 0.1) is 0 Å². The summed E-state index contributed by atoms with van der Waals surface area (Å²) in [7, 11) is 0. The molecule has 4 aromatic carbocycles. The number of nitrogens with one attached hydrogen (secondary N) is 1. The maximum absolute atomic E-state index is 12.3. The van der Waals surface area contributed by atoms with Gasteiger partial charge in [-0.25, -0.2) is 0 Å². The molecule has 32 heavy (non-hydrogen) atoms. The second-order valence-electron chi connectivity index (χ2n) is 7.15. The molecule has 4 nitrogen and oxygen atoms in total. The SMILES string of the molecule is O=C(NCCOc1ccc2ccccc2c1)c1ccc(OCCSc2ccccc2)cc1. The standard InChI is InChI=1S/C27H25NO3S/c29-27(28-16-17-30-25-15-10-21-6-4-5-7-23(21)20-25)22-11-13-24(14-12-22)31-18-19-32-26-8-2-1-3-9-26/h1-15,20H,16-19H2,(H,28,29). The Labute approximate surface area is 192 Å². The fourth-order valence-corrected chi connectivity index (χ4v) is 3.98. The summed E-state index contributed by atoms with van der Waals surface area (Å²) in [4.78, 5) is 13.6. The Kier molecular flexibility index (Phi) is 7.66. The van der Waals surface area contributed by atoms with Crippen LogP contribution in [0.15, 0.2) is 102 Å². The van der Waals surface area contributed by atoms with Crippen molar-refractivity contribution in [3.63, 3.8) is 0 Å². The smallest absolute Gasteiger partial charge is 0.251 e. The van der Waals surface area contributed by atoms with Crippen molar-refractivity contribution in [2.45, 2.75) is 4.90 Å². The average molecular weight is 444 g/mol. The number of rotatable bonds is 10. The van der Waals surface area contributed by atoms with Crippen LogP contribution in [0.2, 0.25) is 0 Å². The van der Waals surface area contributed by atoms with E-state index < -0.39 is 0 Å². The maximum atomic E-state index is 12.3. The first-order valence-corrected chi connectivity index (χ1v) is 11.6. The predicted molar refractivity (Wildman–Crippen MR) is 131 cm³/mol. The van der Waals surface area contributed by atoms with Crippen molar-refractivity contribution in [2.75, 3.05) is 25.5 Å². The van der Waals surface area contributed by atoms with Crippen LogP contribution in [-0.4, -0.2) is 31.4 Å². The van der Waals surface area contributed by atoms with E-state index in [0.717, 1.165) is 22.6 Å². The van der Waals surface area contributed by atoms with Gasteiger partial charge in [-0.2, -0.15) is 0 Å². The van der Waals surface area contributed by atoms with Gasteiger partial charge in [-0.3, -0.25) is 4.79 Å². The van der Waals surface area contributed by atoms with Crippen LogP contribution >= 0.6 is 11.8 Å². The molecule has 162 valence electrons. The van der Waals surface area contributed by atoms with Gasteiger partial charge in [0.1, 0.15) is 18.1 Å². The van der Waals surface area contributed by atoms with Crippen molar-refractivity contribution in [1.29, 1.82) is 0 Å². The Hall–Kier alpha value is -3.44. The molecule has 4 aromatic rings. The molecular formula is C27H25NO3S. The first-order valence-electron chi connectivity index (χ1n) is 10.6. The molecule has 0 aromatic heterocycles. The zero-order valence-corrected chi connectivity index (χ0v) is 18.5. The van der Waals surface area contributed by atoms with Gasteiger partial charge in [0, 0.05) is 16.2 Å². The summed E-state index contributed by atoms with van der Waals surface area (Å²) < 4.78 is 11.5. The first kappa shape index (κ1) is 21.8. The molecule has 4 rings (SSSR count). The zero-order valence-electron chi connectivity index (χ0n) is 17.7. The van der Waals surface area contributed by atoms with Crippen LogP contribution in [0.4, 0.5) is 0 Å². The van der Waals surface area contributed by atoms with Gasteiger partial charge in [0.25, 0.3) is 5.91 Å². The minimum atomic E-state index is -0.127. The number of amides is 1. The van der Waals surface area contributed by atoms with Crippen molar-refractivity contribution in [3.8, 4) is 11.5 Å². The second kappa shape index (κ2) is 11.3. The Bertz CT molecular complexity index is 1150. The Morgan fingerprint density at radius 3 is 2.22 bits per heavy atom. The highest BCUT2D eigenvalue weighted by atomic mass is 32.2. The van der Waals surface area contributed by atoms with Crippen molar-refractivity contribution in [3.05, 3.63) is 103 Å². The van der Waals surface area contributed by atoms with E-state index in [9.17, 15) is 4.79 Å². The fraction of sp³-hybridized carbons (Fsp3) is 0.148. The molecule has 5 heteroatoms. The molecule has 1 amide bonds. The molecule has 0 unspecified atom stereocenters. The van der Waals surface area contributed by atoms with Crippen molar-refractivity contribution < 1.29 is 14.3 Å². The van der Waals surface area contributed by atoms with Gasteiger partial charge >= 0.3 is 0 Å². The highest BCUT2D eigenvalue weighted by Crippen LogP contribution is 2.20. The molecule has 1 N–H and O–H groups in total. The van der Waals surface area contributed by atoms with Gasteiger partial charge in [-0.1, -0.05) is 48.5 Å². The summed E-state index contributed by atoms with van der Waals surface area (Å²) >= 11 is 1.76. The van der Waals surface area contributed by atoms with Crippen LogP contribution in [-0.2, 0) is 0 Å². The number of thioether (sulfide) groups is 1. The highest BCUT2D eigenvalue weighted by molar-refractivity contribution is 7.99. The van der Waals surface area contributed by atoms with E-state index in [1.54, 1.807) is 23.9 Å². The molecule has 0 aliphatic heterocycles. The van der Waals surface area contributed by atoms with Crippen LogP contribution in [0.5, 0.6) is 11.5 Å². The molecular weight excluding hydrogens is 418 g/mol. The molecule has 0 aliphatic carbocycles. The van der Waals surface area contributed by atoms with E-state index >= 15 is 0 Å². The third-order valence-corrected chi connectivity index (χ3v) is 5.83. The molecule has 0 fully saturated rings.